The molecule has 0 spiro atoms. The molecule has 7 heteroatoms. The van der Waals surface area contributed by atoms with Crippen LogP contribution in [0.5, 0.6) is 0 Å². The third kappa shape index (κ3) is 3.08. The van der Waals surface area contributed by atoms with E-state index in [-0.39, 0.29) is 5.78 Å². The molecular weight excluding hydrogens is 276 g/mol. The first-order chi connectivity index (χ1) is 8.52. The molecule has 2 rings (SSSR count). The van der Waals surface area contributed by atoms with E-state index < -0.39 is 11.0 Å². The fraction of sp³-hybridized carbons (Fsp3) is 0.364. The second kappa shape index (κ2) is 5.36. The highest BCUT2D eigenvalue weighted by Crippen LogP contribution is 2.49. The zero-order valence-electron chi connectivity index (χ0n) is 9.65. The number of fused-ring (bicyclic) bond motifs is 1. The molecule has 1 aliphatic heterocycles. The lowest BCUT2D eigenvalue weighted by molar-refractivity contribution is 0.0980. The van der Waals surface area contributed by atoms with E-state index in [2.05, 4.69) is 9.44 Å². The molecule has 18 heavy (non-hydrogen) atoms. The Bertz CT molecular complexity index is 468. The predicted molar refractivity (Wildman–Crippen MR) is 75.4 cm³/mol. The van der Waals surface area contributed by atoms with Crippen molar-refractivity contribution in [2.24, 2.45) is 0 Å². The minimum atomic E-state index is -3.00. The van der Waals surface area contributed by atoms with Gasteiger partial charge in [-0.15, -0.1) is 11.6 Å². The van der Waals surface area contributed by atoms with Crippen molar-refractivity contribution in [3.05, 3.63) is 23.8 Å². The van der Waals surface area contributed by atoms with Crippen LogP contribution < -0.4 is 9.44 Å². The Labute approximate surface area is 112 Å². The summed E-state index contributed by atoms with van der Waals surface area (Å²) in [7, 11) is -3.00. The van der Waals surface area contributed by atoms with Gasteiger partial charge in [0.25, 0.3) is 0 Å². The number of rotatable bonds is 5. The number of benzene rings is 1. The summed E-state index contributed by atoms with van der Waals surface area (Å²) in [5.41, 5.74) is 1.69. The van der Waals surface area contributed by atoms with Gasteiger partial charge in [-0.1, -0.05) is 0 Å². The van der Waals surface area contributed by atoms with E-state index in [1.807, 2.05) is 0 Å². The van der Waals surface area contributed by atoms with Crippen LogP contribution in [0.25, 0.3) is 0 Å². The summed E-state index contributed by atoms with van der Waals surface area (Å²) in [6, 6.07) is 4.97. The summed E-state index contributed by atoms with van der Waals surface area (Å²) in [4.78, 5) is 11.9. The number of halogens is 1. The van der Waals surface area contributed by atoms with Crippen LogP contribution in [0.4, 0.5) is 11.4 Å². The number of carbonyl (C=O) groups is 1. The quantitative estimate of drug-likeness (QED) is 0.378. The van der Waals surface area contributed by atoms with Crippen LogP contribution in [0.3, 0.4) is 0 Å². The Morgan fingerprint density at radius 3 is 2.67 bits per heavy atom. The van der Waals surface area contributed by atoms with Crippen molar-refractivity contribution >= 4 is 39.7 Å². The number of alkyl halides is 1. The van der Waals surface area contributed by atoms with Gasteiger partial charge in [-0.3, -0.25) is 23.3 Å². The van der Waals surface area contributed by atoms with E-state index >= 15 is 0 Å². The summed E-state index contributed by atoms with van der Waals surface area (Å²) in [5.74, 6) is 0.595. The molecule has 5 nitrogen and oxygen atoms in total. The molecular formula is C11H15ClN2O3S. The maximum absolute atomic E-state index is 11.9. The maximum Gasteiger partial charge on any atom is 0.162 e. The Kier molecular flexibility index (Phi) is 4.01. The molecule has 1 aliphatic rings. The topological polar surface area (TPSA) is 81.6 Å². The van der Waals surface area contributed by atoms with Crippen molar-refractivity contribution in [3.8, 4) is 0 Å². The first kappa shape index (κ1) is 13.5. The Balaban J connectivity index is 2.06. The van der Waals surface area contributed by atoms with Gasteiger partial charge in [0.2, 0.25) is 0 Å². The van der Waals surface area contributed by atoms with Gasteiger partial charge in [0.05, 0.1) is 11.4 Å². The van der Waals surface area contributed by atoms with E-state index in [9.17, 15) is 13.9 Å². The summed E-state index contributed by atoms with van der Waals surface area (Å²) in [6.07, 6.45) is 2.04. The zero-order valence-corrected chi connectivity index (χ0v) is 11.2. The minimum absolute atomic E-state index is 0.0353. The average molecular weight is 291 g/mol. The van der Waals surface area contributed by atoms with Gasteiger partial charge in [-0.25, -0.2) is 0 Å². The zero-order chi connectivity index (χ0) is 13.2. The third-order valence-electron chi connectivity index (χ3n) is 2.63. The van der Waals surface area contributed by atoms with Crippen LogP contribution in [0.1, 0.15) is 29.6 Å². The molecule has 0 saturated carbocycles. The Morgan fingerprint density at radius 1 is 1.22 bits per heavy atom. The van der Waals surface area contributed by atoms with Crippen molar-refractivity contribution in [1.82, 2.24) is 0 Å². The van der Waals surface area contributed by atoms with Crippen molar-refractivity contribution < 1.29 is 13.9 Å². The molecule has 4 N–H and O–H groups in total. The summed E-state index contributed by atoms with van der Waals surface area (Å²) >= 11 is 5.56. The van der Waals surface area contributed by atoms with E-state index in [1.165, 1.54) is 0 Å². The maximum atomic E-state index is 11.9. The number of Topliss-reactive ketones (excluding diaryl/α,β-unsaturated/α-hetero) is 1. The number of hydrogen-bond donors (Lipinski definition) is 4. The number of anilines is 2. The molecule has 0 saturated heterocycles. The first-order valence-corrected chi connectivity index (χ1v) is 7.67. The smallest absolute Gasteiger partial charge is 0.162 e. The van der Waals surface area contributed by atoms with Gasteiger partial charge in [0.1, 0.15) is 0 Å². The largest absolute Gasteiger partial charge is 0.294 e. The van der Waals surface area contributed by atoms with Crippen molar-refractivity contribution in [2.75, 3.05) is 15.3 Å². The number of ketones is 1. The molecule has 0 amide bonds. The van der Waals surface area contributed by atoms with Gasteiger partial charge in [0, 0.05) is 17.9 Å². The normalized spacial score (nSPS) is 17.5. The molecule has 0 bridgehead atoms. The molecule has 0 unspecified atom stereocenters. The standard InChI is InChI=1S/C11H15ClN2O3S/c12-6-2-1-3-11(15)8-4-5-9-10(7-8)14-18(16,17)13-9/h4-5,7,13-14,16-17H,1-3,6H2. The van der Waals surface area contributed by atoms with Crippen LogP contribution in [-0.4, -0.2) is 20.8 Å². The number of carbonyl (C=O) groups excluding carboxylic acids is 1. The van der Waals surface area contributed by atoms with E-state index in [4.69, 9.17) is 11.6 Å². The van der Waals surface area contributed by atoms with Crippen molar-refractivity contribution in [2.45, 2.75) is 19.3 Å². The van der Waals surface area contributed by atoms with E-state index in [0.29, 0.717) is 29.2 Å². The van der Waals surface area contributed by atoms with Gasteiger partial charge >= 0.3 is 0 Å². The third-order valence-corrected chi connectivity index (χ3v) is 3.91. The van der Waals surface area contributed by atoms with Crippen LogP contribution >= 0.6 is 22.6 Å². The molecule has 0 radical (unpaired) electrons. The van der Waals surface area contributed by atoms with E-state index in [1.54, 1.807) is 18.2 Å². The fourth-order valence-corrected chi connectivity index (χ4v) is 2.95. The highest BCUT2D eigenvalue weighted by Gasteiger charge is 2.23. The first-order valence-electron chi connectivity index (χ1n) is 5.59. The highest BCUT2D eigenvalue weighted by atomic mass is 35.5. The SMILES string of the molecule is O=C(CCCCCl)c1ccc2c(c1)NS(O)(O)N2. The fourth-order valence-electron chi connectivity index (χ4n) is 1.75. The summed E-state index contributed by atoms with van der Waals surface area (Å²) < 4.78 is 24.0. The molecule has 100 valence electrons. The van der Waals surface area contributed by atoms with Crippen LogP contribution in [-0.2, 0) is 0 Å². The average Bonchev–Trinajstić information content (AvgIpc) is 2.61. The molecule has 1 aromatic rings. The molecule has 1 heterocycles. The number of unbranched alkanes of at least 4 members (excludes halogenated alkanes) is 1. The molecule has 1 aromatic carbocycles. The van der Waals surface area contributed by atoms with Crippen LogP contribution in [0.2, 0.25) is 0 Å². The van der Waals surface area contributed by atoms with Gasteiger partial charge in [-0.05, 0) is 42.0 Å². The lowest BCUT2D eigenvalue weighted by Gasteiger charge is -2.26. The molecule has 0 atom stereocenters. The van der Waals surface area contributed by atoms with Crippen LogP contribution in [0, 0.1) is 0 Å². The van der Waals surface area contributed by atoms with Gasteiger partial charge in [-0.2, -0.15) is 0 Å². The highest BCUT2D eigenvalue weighted by molar-refractivity contribution is 8.26. The summed E-state index contributed by atoms with van der Waals surface area (Å²) in [6.45, 7) is 0. The number of nitrogens with one attached hydrogen (secondary N) is 2. The van der Waals surface area contributed by atoms with E-state index in [0.717, 1.165) is 12.8 Å². The Morgan fingerprint density at radius 2 is 1.94 bits per heavy atom. The van der Waals surface area contributed by atoms with Gasteiger partial charge < -0.3 is 0 Å². The second-order valence-electron chi connectivity index (χ2n) is 4.08. The molecule has 0 fully saturated rings. The van der Waals surface area contributed by atoms with Crippen LogP contribution in [0.15, 0.2) is 18.2 Å². The monoisotopic (exact) mass is 290 g/mol. The van der Waals surface area contributed by atoms with Gasteiger partial charge in [0.15, 0.2) is 5.78 Å². The minimum Gasteiger partial charge on any atom is -0.294 e. The second-order valence-corrected chi connectivity index (χ2v) is 5.97. The van der Waals surface area contributed by atoms with Crippen molar-refractivity contribution in [3.63, 3.8) is 0 Å². The lowest BCUT2D eigenvalue weighted by atomic mass is 10.0. The Hall–Kier alpha value is -0.950. The lowest BCUT2D eigenvalue weighted by Crippen LogP contribution is -2.08. The summed E-state index contributed by atoms with van der Waals surface area (Å²) in [5, 5.41) is 0. The van der Waals surface area contributed by atoms with Crippen molar-refractivity contribution in [1.29, 1.82) is 0 Å². The number of hydrogen-bond acceptors (Lipinski definition) is 5. The molecule has 0 aromatic heterocycles. The molecule has 0 aliphatic carbocycles. The predicted octanol–water partition coefficient (Wildman–Crippen LogP) is 3.70.